The molecule has 0 aliphatic carbocycles. The Kier molecular flexibility index (Phi) is 8.15. The van der Waals surface area contributed by atoms with Gasteiger partial charge in [-0.15, -0.1) is 0 Å². The van der Waals surface area contributed by atoms with Crippen LogP contribution in [-0.2, 0) is 21.2 Å². The molecule has 1 amide bonds. The normalized spacial score (nSPS) is 12.5. The monoisotopic (exact) mass is 581 g/mol. The number of hydrogen-bond acceptors (Lipinski definition) is 6. The third-order valence-corrected chi connectivity index (χ3v) is 6.44. The molecule has 0 bridgehead atoms. The lowest BCUT2D eigenvalue weighted by molar-refractivity contribution is -0.119. The molecular formula is C29H29F2N5O4S. The van der Waals surface area contributed by atoms with Gasteiger partial charge in [0.05, 0.1) is 29.2 Å². The lowest BCUT2D eigenvalue weighted by Crippen LogP contribution is -2.29. The largest absolute Gasteiger partial charge is 0.378 e. The summed E-state index contributed by atoms with van der Waals surface area (Å²) < 4.78 is 56.2. The van der Waals surface area contributed by atoms with Crippen LogP contribution in [0.25, 0.3) is 16.8 Å². The van der Waals surface area contributed by atoms with E-state index in [4.69, 9.17) is 4.98 Å². The van der Waals surface area contributed by atoms with Crippen LogP contribution in [-0.4, -0.2) is 45.7 Å². The highest BCUT2D eigenvalue weighted by Gasteiger charge is 2.24. The summed E-state index contributed by atoms with van der Waals surface area (Å²) in [4.78, 5) is 21.4. The molecule has 214 valence electrons. The summed E-state index contributed by atoms with van der Waals surface area (Å²) in [6, 6.07) is 10.9. The Morgan fingerprint density at radius 2 is 1.80 bits per heavy atom. The molecule has 0 saturated heterocycles. The first-order valence-electron chi connectivity index (χ1n) is 12.5. The lowest BCUT2D eigenvalue weighted by atomic mass is 9.96. The van der Waals surface area contributed by atoms with E-state index in [0.29, 0.717) is 39.5 Å². The van der Waals surface area contributed by atoms with Gasteiger partial charge in [0.1, 0.15) is 28.8 Å². The van der Waals surface area contributed by atoms with E-state index in [9.17, 15) is 27.1 Å². The van der Waals surface area contributed by atoms with Crippen molar-refractivity contribution in [3.63, 3.8) is 0 Å². The number of benzene rings is 1. The molecule has 0 aliphatic rings. The van der Waals surface area contributed by atoms with Crippen molar-refractivity contribution in [2.75, 3.05) is 11.0 Å². The SMILES string of the molecule is CC(=O)N[C@@H](Cc1cc(F)cc(F)c1)c1nc(C#CC(C)(C)O)ccc1-c1cccc2c(NS(C)(=O)=O)nc(C)n12. The number of rotatable bonds is 7. The smallest absolute Gasteiger partial charge is 0.231 e. The number of imidazole rings is 1. The summed E-state index contributed by atoms with van der Waals surface area (Å²) >= 11 is 0. The molecule has 0 fully saturated rings. The number of pyridine rings is 2. The summed E-state index contributed by atoms with van der Waals surface area (Å²) in [7, 11) is -3.62. The Morgan fingerprint density at radius 3 is 2.41 bits per heavy atom. The number of nitrogens with zero attached hydrogens (tertiary/aromatic N) is 3. The predicted octanol–water partition coefficient (Wildman–Crippen LogP) is 3.90. The average molecular weight is 582 g/mol. The number of aliphatic hydroxyl groups is 1. The molecule has 3 heterocycles. The molecule has 3 aromatic heterocycles. The third kappa shape index (κ3) is 7.45. The fourth-order valence-electron chi connectivity index (χ4n) is 4.44. The van der Waals surface area contributed by atoms with Crippen molar-refractivity contribution < 1.29 is 27.1 Å². The minimum atomic E-state index is -3.62. The van der Waals surface area contributed by atoms with E-state index in [1.807, 2.05) is 0 Å². The highest BCUT2D eigenvalue weighted by Crippen LogP contribution is 2.33. The maximum atomic E-state index is 14.1. The van der Waals surface area contributed by atoms with Gasteiger partial charge in [-0.25, -0.2) is 27.2 Å². The van der Waals surface area contributed by atoms with E-state index < -0.39 is 39.2 Å². The molecule has 0 aliphatic heterocycles. The molecule has 41 heavy (non-hydrogen) atoms. The molecule has 3 N–H and O–H groups in total. The minimum Gasteiger partial charge on any atom is -0.378 e. The number of carbonyl (C=O) groups excluding carboxylic acids is 1. The molecule has 1 aromatic carbocycles. The zero-order valence-electron chi connectivity index (χ0n) is 23.1. The number of fused-ring (bicyclic) bond motifs is 1. The van der Waals surface area contributed by atoms with Gasteiger partial charge in [-0.3, -0.25) is 13.9 Å². The first kappa shape index (κ1) is 29.6. The maximum absolute atomic E-state index is 14.1. The first-order valence-corrected chi connectivity index (χ1v) is 14.4. The van der Waals surface area contributed by atoms with Crippen molar-refractivity contribution in [1.82, 2.24) is 19.7 Å². The van der Waals surface area contributed by atoms with E-state index in [2.05, 4.69) is 26.9 Å². The van der Waals surface area contributed by atoms with Gasteiger partial charge in [-0.05, 0) is 75.1 Å². The Hall–Kier alpha value is -4.34. The van der Waals surface area contributed by atoms with Crippen molar-refractivity contribution in [3.05, 3.63) is 82.9 Å². The van der Waals surface area contributed by atoms with Crippen molar-refractivity contribution in [2.24, 2.45) is 0 Å². The van der Waals surface area contributed by atoms with Crippen LogP contribution in [0.2, 0.25) is 0 Å². The van der Waals surface area contributed by atoms with Gasteiger partial charge in [-0.2, -0.15) is 0 Å². The Labute approximate surface area is 236 Å². The third-order valence-electron chi connectivity index (χ3n) is 5.88. The van der Waals surface area contributed by atoms with E-state index in [-0.39, 0.29) is 12.2 Å². The van der Waals surface area contributed by atoms with Gasteiger partial charge in [0, 0.05) is 18.6 Å². The van der Waals surface area contributed by atoms with Crippen molar-refractivity contribution in [1.29, 1.82) is 0 Å². The number of amides is 1. The van der Waals surface area contributed by atoms with Gasteiger partial charge in [-0.1, -0.05) is 12.0 Å². The van der Waals surface area contributed by atoms with Crippen LogP contribution >= 0.6 is 0 Å². The zero-order chi connectivity index (χ0) is 30.1. The second-order valence-electron chi connectivity index (χ2n) is 10.2. The molecule has 0 radical (unpaired) electrons. The van der Waals surface area contributed by atoms with Crippen LogP contribution in [0.3, 0.4) is 0 Å². The summed E-state index contributed by atoms with van der Waals surface area (Å²) in [5.41, 5.74) is 1.21. The number of anilines is 1. The molecule has 0 unspecified atom stereocenters. The Bertz CT molecular complexity index is 1800. The van der Waals surface area contributed by atoms with Gasteiger partial charge < -0.3 is 10.4 Å². The summed E-state index contributed by atoms with van der Waals surface area (Å²) in [6.45, 7) is 6.08. The van der Waals surface area contributed by atoms with Crippen molar-refractivity contribution >= 4 is 27.3 Å². The number of carbonyl (C=O) groups is 1. The minimum absolute atomic E-state index is 0.00357. The molecule has 0 saturated carbocycles. The Balaban J connectivity index is 1.97. The fourth-order valence-corrected chi connectivity index (χ4v) is 4.94. The van der Waals surface area contributed by atoms with Crippen LogP contribution in [0, 0.1) is 30.4 Å². The van der Waals surface area contributed by atoms with Gasteiger partial charge >= 0.3 is 0 Å². The molecule has 4 rings (SSSR count). The molecule has 4 aromatic rings. The molecular weight excluding hydrogens is 552 g/mol. The summed E-state index contributed by atoms with van der Waals surface area (Å²) in [5, 5.41) is 12.9. The van der Waals surface area contributed by atoms with E-state index >= 15 is 0 Å². The molecule has 9 nitrogen and oxygen atoms in total. The number of sulfonamides is 1. The van der Waals surface area contributed by atoms with Gasteiger partial charge in [0.25, 0.3) is 0 Å². The van der Waals surface area contributed by atoms with Crippen LogP contribution in [0.1, 0.15) is 49.6 Å². The topological polar surface area (TPSA) is 126 Å². The zero-order valence-corrected chi connectivity index (χ0v) is 23.9. The van der Waals surface area contributed by atoms with Crippen molar-refractivity contribution in [2.45, 2.75) is 45.8 Å². The molecule has 0 spiro atoms. The van der Waals surface area contributed by atoms with E-state index in [1.165, 1.54) is 32.9 Å². The summed E-state index contributed by atoms with van der Waals surface area (Å²) in [5.74, 6) is 4.24. The highest BCUT2D eigenvalue weighted by molar-refractivity contribution is 7.92. The van der Waals surface area contributed by atoms with Crippen LogP contribution < -0.4 is 10.0 Å². The standard InChI is InChI=1S/C29H29F2N5O4S/c1-17-32-28(35-41(5,39)40)26-8-6-7-25(36(17)26)23-10-9-22(11-12-29(3,4)38)34-27(23)24(33-18(2)37)15-19-13-20(30)16-21(31)14-19/h6-10,13-14,16,24,35,38H,15H2,1-5H3,(H,33,37)/t24-/m0/s1. The molecule has 1 atom stereocenters. The first-order chi connectivity index (χ1) is 19.1. The number of aromatic nitrogens is 3. The number of hydrogen-bond donors (Lipinski definition) is 3. The average Bonchev–Trinajstić information content (AvgIpc) is 3.14. The number of nitrogens with one attached hydrogen (secondary N) is 2. The molecule has 12 heteroatoms. The van der Waals surface area contributed by atoms with Gasteiger partial charge in [0.15, 0.2) is 5.82 Å². The van der Waals surface area contributed by atoms with Crippen molar-refractivity contribution in [3.8, 4) is 23.1 Å². The van der Waals surface area contributed by atoms with Crippen LogP contribution in [0.5, 0.6) is 0 Å². The number of halogens is 2. The number of aryl methyl sites for hydroxylation is 1. The van der Waals surface area contributed by atoms with Crippen LogP contribution in [0.15, 0.2) is 48.5 Å². The van der Waals surface area contributed by atoms with Crippen LogP contribution in [0.4, 0.5) is 14.6 Å². The second kappa shape index (κ2) is 11.3. The lowest BCUT2D eigenvalue weighted by Gasteiger charge is -2.22. The van der Waals surface area contributed by atoms with E-state index in [0.717, 1.165) is 12.3 Å². The highest BCUT2D eigenvalue weighted by atomic mass is 32.2. The fraction of sp³-hybridized carbons (Fsp3) is 0.276. The summed E-state index contributed by atoms with van der Waals surface area (Å²) in [6.07, 6.45) is 1.02. The predicted molar refractivity (Wildman–Crippen MR) is 151 cm³/mol. The Morgan fingerprint density at radius 1 is 1.12 bits per heavy atom. The van der Waals surface area contributed by atoms with Gasteiger partial charge in [0.2, 0.25) is 15.9 Å². The quantitative estimate of drug-likeness (QED) is 0.285. The maximum Gasteiger partial charge on any atom is 0.231 e. The second-order valence-corrected chi connectivity index (χ2v) is 11.9. The van der Waals surface area contributed by atoms with E-state index in [1.54, 1.807) is 41.7 Å².